The number of aromatic nitrogens is 2. The van der Waals surface area contributed by atoms with Gasteiger partial charge in [0.1, 0.15) is 16.9 Å². The summed E-state index contributed by atoms with van der Waals surface area (Å²) in [5.74, 6) is -0.975. The molecule has 0 saturated carbocycles. The second-order valence-electron chi connectivity index (χ2n) is 28.7. The zero-order chi connectivity index (χ0) is 86.8. The smallest absolute Gasteiger partial charge is 0.512 e. The number of carbonyl (C=O) groups excluding carboxylic acids is 2. The van der Waals surface area contributed by atoms with Gasteiger partial charge < -0.3 is 23.7 Å². The van der Waals surface area contributed by atoms with Gasteiger partial charge in [-0.1, -0.05) is 378 Å². The molecule has 2 aromatic heterocycles. The van der Waals surface area contributed by atoms with Crippen LogP contribution in [0, 0.1) is 45.8 Å². The SMILES string of the molecule is CCC1(C(F)F)CN2CCC(c3cncc(Br)c3)N2C1=O.CCC1(C(F)F)CN2CCC(c3cncc(C#N)c3)N2C1=O.[C-]#N.[C-]#N.[Pd].[Zn+2].c1ccc(P(c2ccccc2)c2ccccc2)cc1.c1ccc(P(c2ccccc2)c2ccccc2)cc1.c1ccc(P(c2ccccc2)c2ccccc2)cc1.c1ccc(P(c2ccccc2)c2ccccc2)cc1. The molecule has 125 heavy (non-hydrogen) atoms. The number of halogens is 5. The molecule has 0 N–H and O–H groups in total. The maximum absolute atomic E-state index is 13.5. The van der Waals surface area contributed by atoms with Crippen molar-refractivity contribution in [1.82, 2.24) is 30.0 Å². The van der Waals surface area contributed by atoms with E-state index >= 15 is 0 Å². The minimum atomic E-state index is -2.68. The number of hydrogen-bond donors (Lipinski definition) is 0. The third kappa shape index (κ3) is 25.0. The topological polar surface area (TPSA) is 144 Å². The summed E-state index contributed by atoms with van der Waals surface area (Å²) in [6.07, 6.45) is 2.74. The standard InChI is InChI=1S/4C18H15P.C15H16F2N4O.C14H16BrF2N3O.2CN.Pd.Zn/c4*1-4-10-16(11-5-1)19(17-12-6-2-7-13-17)18-14-8-3-9-15-18;1-2-15(13(16)17)9-20-4-3-12(21(20)14(15)22)11-5-10(6-18)7-19-8-11;1-2-14(12(16)17)8-19-4-3-11(20(19)13(14)21)9-5-10(15)7-18-6-9;2*1-2;;/h4*1-15H;5,7-8,12-13H,2-4,9H2,1H3;5-7,11-12H,2-4,8H2,1H3;;;;/q;;;;;;2*-1;;+2. The number of pyridine rings is 2. The number of hydrazine groups is 2. The molecule has 4 aliphatic heterocycles. The van der Waals surface area contributed by atoms with E-state index in [9.17, 15) is 27.2 Å². The van der Waals surface area contributed by atoms with Gasteiger partial charge in [0, 0.05) is 75.9 Å². The second-order valence-corrected chi connectivity index (χ2v) is 38.5. The Labute approximate surface area is 772 Å². The third-order valence-corrected chi connectivity index (χ3v) is 31.6. The summed E-state index contributed by atoms with van der Waals surface area (Å²) in [5, 5.41) is 44.7. The molecule has 18 rings (SSSR count). The van der Waals surface area contributed by atoms with E-state index in [2.05, 4.69) is 390 Å². The van der Waals surface area contributed by atoms with E-state index in [1.54, 1.807) is 48.5 Å². The fourth-order valence-corrected chi connectivity index (χ4v) is 24.9. The molecule has 14 aromatic rings. The quantitative estimate of drug-likeness (QED) is 0.0355. The molecule has 4 unspecified atom stereocenters. The molecule has 22 heteroatoms. The molecule has 0 spiro atoms. The number of hydrogen-bond acceptors (Lipinski definition) is 9. The first-order chi connectivity index (χ1) is 60.3. The Balaban J connectivity index is 0.000000168. The van der Waals surface area contributed by atoms with Crippen molar-refractivity contribution in [3.63, 3.8) is 0 Å². The molecule has 4 aliphatic rings. The number of fused-ring (bicyclic) bond motifs is 2. The van der Waals surface area contributed by atoms with E-state index in [1.807, 2.05) is 12.1 Å². The summed E-state index contributed by atoms with van der Waals surface area (Å²) >= 11 is 3.36. The van der Waals surface area contributed by atoms with Crippen molar-refractivity contribution in [2.24, 2.45) is 10.8 Å². The molecule has 0 bridgehead atoms. The fourth-order valence-electron chi connectivity index (χ4n) is 15.3. The second kappa shape index (κ2) is 50.6. The Bertz CT molecular complexity index is 4760. The van der Waals surface area contributed by atoms with Crippen molar-refractivity contribution < 1.29 is 67.1 Å². The van der Waals surface area contributed by atoms with Crippen LogP contribution >= 0.6 is 47.6 Å². The van der Waals surface area contributed by atoms with Crippen LogP contribution in [0.15, 0.2) is 405 Å². The summed E-state index contributed by atoms with van der Waals surface area (Å²) in [6, 6.07) is 134. The average Bonchev–Trinajstić information content (AvgIpc) is 1.59. The van der Waals surface area contributed by atoms with Crippen molar-refractivity contribution >= 4 is 123 Å². The van der Waals surface area contributed by atoms with Crippen LogP contribution in [0.1, 0.15) is 68.3 Å². The Morgan fingerprint density at radius 2 is 0.568 bits per heavy atom. The average molecular weight is 1940 g/mol. The number of alkyl halides is 4. The Kier molecular flexibility index (Phi) is 39.8. The molecular formula is C103H92BrF4N9O2P4PdZn. The Morgan fingerprint density at radius 1 is 0.368 bits per heavy atom. The number of nitrogens with zero attached hydrogens (tertiary/aromatic N) is 9. The minimum Gasteiger partial charge on any atom is -0.512 e. The van der Waals surface area contributed by atoms with Crippen LogP contribution in [-0.2, 0) is 49.5 Å². The van der Waals surface area contributed by atoms with Crippen molar-refractivity contribution in [1.29, 1.82) is 15.8 Å². The van der Waals surface area contributed by atoms with Crippen LogP contribution in [-0.4, -0.2) is 80.8 Å². The predicted molar refractivity (Wildman–Crippen MR) is 500 cm³/mol. The van der Waals surface area contributed by atoms with Gasteiger partial charge in [0.2, 0.25) is 0 Å². The third-order valence-electron chi connectivity index (χ3n) is 21.4. The minimum absolute atomic E-state index is 0. The van der Waals surface area contributed by atoms with Crippen LogP contribution in [0.25, 0.3) is 0 Å². The zero-order valence-electron chi connectivity index (χ0n) is 69.1. The monoisotopic (exact) mass is 1940 g/mol. The summed E-state index contributed by atoms with van der Waals surface area (Å²) in [4.78, 5) is 33.4. The van der Waals surface area contributed by atoms with Gasteiger partial charge in [0.15, 0.2) is 0 Å². The van der Waals surface area contributed by atoms with Crippen molar-refractivity contribution in [2.45, 2.75) is 64.5 Å². The van der Waals surface area contributed by atoms with E-state index in [1.165, 1.54) is 79.9 Å². The molecule has 628 valence electrons. The molecule has 12 aromatic carbocycles. The summed E-state index contributed by atoms with van der Waals surface area (Å²) in [5.41, 5.74) is -1.17. The van der Waals surface area contributed by atoms with E-state index in [-0.39, 0.29) is 77.9 Å². The Hall–Kier alpha value is -10.5. The van der Waals surface area contributed by atoms with Crippen LogP contribution in [0.5, 0.6) is 0 Å². The first kappa shape index (κ1) is 98.3. The van der Waals surface area contributed by atoms with Gasteiger partial charge >= 0.3 is 19.5 Å². The first-order valence-corrected chi connectivity index (χ1v) is 46.4. The van der Waals surface area contributed by atoms with E-state index in [4.69, 9.17) is 28.9 Å². The molecule has 6 heterocycles. The molecule has 11 nitrogen and oxygen atoms in total. The normalized spacial score (nSPS) is 16.4. The molecule has 0 aliphatic carbocycles. The number of carbonyl (C=O) groups is 2. The molecule has 4 atom stereocenters. The van der Waals surface area contributed by atoms with Gasteiger partial charge in [-0.25, -0.2) is 27.6 Å². The number of benzene rings is 12. The summed E-state index contributed by atoms with van der Waals surface area (Å²) < 4.78 is 54.7. The van der Waals surface area contributed by atoms with Crippen LogP contribution in [0.3, 0.4) is 0 Å². The fraction of sp³-hybridized carbons (Fsp3) is 0.155. The predicted octanol–water partition coefficient (Wildman–Crippen LogP) is 19.1. The molecule has 2 amide bonds. The largest absolute Gasteiger partial charge is 2.00 e. The maximum Gasteiger partial charge on any atom is 2.00 e. The van der Waals surface area contributed by atoms with E-state index in [0.29, 0.717) is 25.1 Å². The van der Waals surface area contributed by atoms with Crippen molar-refractivity contribution in [2.75, 3.05) is 26.2 Å². The van der Waals surface area contributed by atoms with Gasteiger partial charge in [0.05, 0.1) is 17.6 Å². The summed E-state index contributed by atoms with van der Waals surface area (Å²) in [7, 11) is -1.78. The van der Waals surface area contributed by atoms with Crippen molar-refractivity contribution in [3.05, 3.63) is 435 Å². The van der Waals surface area contributed by atoms with Gasteiger partial charge in [-0.2, -0.15) is 5.26 Å². The number of amides is 2. The number of rotatable bonds is 18. The zero-order valence-corrected chi connectivity index (χ0v) is 78.8. The van der Waals surface area contributed by atoms with Crippen molar-refractivity contribution in [3.8, 4) is 6.07 Å². The van der Waals surface area contributed by atoms with Gasteiger partial charge in [-0.15, -0.1) is 0 Å². The first-order valence-electron chi connectivity index (χ1n) is 40.3. The summed E-state index contributed by atoms with van der Waals surface area (Å²) in [6.45, 7) is 14.1. The van der Waals surface area contributed by atoms with E-state index in [0.717, 1.165) is 22.0 Å². The Morgan fingerprint density at radius 3 is 0.752 bits per heavy atom. The van der Waals surface area contributed by atoms with Gasteiger partial charge in [-0.3, -0.25) is 29.6 Å². The number of nitriles is 1. The van der Waals surface area contributed by atoms with Crippen LogP contribution < -0.4 is 63.7 Å². The van der Waals surface area contributed by atoms with Crippen LogP contribution in [0.2, 0.25) is 0 Å². The molecular weight excluding hydrogens is 1850 g/mol. The molecule has 4 saturated heterocycles. The van der Waals surface area contributed by atoms with Gasteiger partial charge in [0.25, 0.3) is 24.7 Å². The van der Waals surface area contributed by atoms with Gasteiger partial charge in [-0.05, 0) is 160 Å². The molecule has 0 radical (unpaired) electrons. The van der Waals surface area contributed by atoms with Crippen LogP contribution in [0.4, 0.5) is 17.6 Å². The molecule has 4 fully saturated rings. The van der Waals surface area contributed by atoms with E-state index < -0.39 is 67.2 Å². The maximum atomic E-state index is 13.5.